The molecule has 2 heterocycles. The number of aromatic nitrogens is 4. The summed E-state index contributed by atoms with van der Waals surface area (Å²) >= 11 is 0. The van der Waals surface area contributed by atoms with Crippen LogP contribution < -0.4 is 10.9 Å². The van der Waals surface area contributed by atoms with E-state index in [1.165, 1.54) is 12.5 Å². The summed E-state index contributed by atoms with van der Waals surface area (Å²) in [5, 5.41) is 17.4. The van der Waals surface area contributed by atoms with Crippen LogP contribution in [0.5, 0.6) is 0 Å². The van der Waals surface area contributed by atoms with Crippen LogP contribution in [0.15, 0.2) is 71.9 Å². The molecular weight excluding hydrogens is 358 g/mol. The highest BCUT2D eigenvalue weighted by atomic mass is 16.3. The molecule has 0 saturated heterocycles. The summed E-state index contributed by atoms with van der Waals surface area (Å²) in [4.78, 5) is 30.7. The van der Waals surface area contributed by atoms with E-state index in [1.807, 2.05) is 30.3 Å². The van der Waals surface area contributed by atoms with Gasteiger partial charge in [-0.3, -0.25) is 9.59 Å². The van der Waals surface area contributed by atoms with E-state index in [4.69, 9.17) is 0 Å². The Kier molecular flexibility index (Phi) is 4.69. The van der Waals surface area contributed by atoms with Crippen molar-refractivity contribution in [3.8, 4) is 5.69 Å². The molecule has 4 rings (SSSR count). The summed E-state index contributed by atoms with van der Waals surface area (Å²) in [6.07, 6.45) is 1.88. The minimum absolute atomic E-state index is 0.240. The molecule has 3 N–H and O–H groups in total. The number of H-pyrrole nitrogens is 1. The van der Waals surface area contributed by atoms with Crippen LogP contribution in [-0.2, 0) is 11.2 Å². The zero-order valence-corrected chi connectivity index (χ0v) is 14.7. The molecule has 0 aliphatic carbocycles. The van der Waals surface area contributed by atoms with Gasteiger partial charge < -0.3 is 15.4 Å². The first-order valence-electron chi connectivity index (χ1n) is 8.66. The number of aromatic amines is 1. The van der Waals surface area contributed by atoms with Gasteiger partial charge in [-0.1, -0.05) is 30.3 Å². The van der Waals surface area contributed by atoms with Gasteiger partial charge in [0.2, 0.25) is 0 Å². The molecule has 140 valence electrons. The van der Waals surface area contributed by atoms with E-state index in [-0.39, 0.29) is 12.0 Å². The van der Waals surface area contributed by atoms with Gasteiger partial charge in [-0.05, 0) is 29.8 Å². The van der Waals surface area contributed by atoms with Crippen molar-refractivity contribution in [3.63, 3.8) is 0 Å². The number of nitrogens with zero attached hydrogens (tertiary/aromatic N) is 3. The van der Waals surface area contributed by atoms with Crippen molar-refractivity contribution in [1.29, 1.82) is 0 Å². The average molecular weight is 375 g/mol. The van der Waals surface area contributed by atoms with Crippen LogP contribution in [0.4, 0.5) is 5.69 Å². The average Bonchev–Trinajstić information content (AvgIpc) is 3.15. The van der Waals surface area contributed by atoms with Crippen LogP contribution in [0.2, 0.25) is 0 Å². The molecule has 0 aliphatic rings. The van der Waals surface area contributed by atoms with Gasteiger partial charge in [0, 0.05) is 12.1 Å². The Morgan fingerprint density at radius 1 is 1.14 bits per heavy atom. The van der Waals surface area contributed by atoms with Crippen LogP contribution >= 0.6 is 0 Å². The third-order valence-corrected chi connectivity index (χ3v) is 4.32. The molecule has 0 spiro atoms. The maximum Gasteiger partial charge on any atom is 0.261 e. The second kappa shape index (κ2) is 7.45. The Hall–Kier alpha value is -3.78. The van der Waals surface area contributed by atoms with Crippen molar-refractivity contribution in [2.75, 3.05) is 5.32 Å². The summed E-state index contributed by atoms with van der Waals surface area (Å²) in [6.45, 7) is 0. The molecule has 8 nitrogen and oxygen atoms in total. The summed E-state index contributed by atoms with van der Waals surface area (Å²) in [5.41, 5.74) is 2.30. The summed E-state index contributed by atoms with van der Waals surface area (Å²) in [7, 11) is 0. The van der Waals surface area contributed by atoms with Gasteiger partial charge in [-0.15, -0.1) is 0 Å². The van der Waals surface area contributed by atoms with E-state index in [1.54, 1.807) is 28.9 Å². The second-order valence-electron chi connectivity index (χ2n) is 6.27. The monoisotopic (exact) mass is 375 g/mol. The van der Waals surface area contributed by atoms with Gasteiger partial charge in [-0.2, -0.15) is 5.10 Å². The molecule has 1 amide bonds. The van der Waals surface area contributed by atoms with Gasteiger partial charge in [0.15, 0.2) is 5.65 Å². The molecule has 0 fully saturated rings. The van der Waals surface area contributed by atoms with Crippen LogP contribution in [-0.4, -0.2) is 36.9 Å². The number of carbonyl (C=O) groups is 1. The molecule has 2 aromatic heterocycles. The lowest BCUT2D eigenvalue weighted by Gasteiger charge is -2.12. The van der Waals surface area contributed by atoms with Gasteiger partial charge >= 0.3 is 0 Å². The largest absolute Gasteiger partial charge is 0.383 e. The lowest BCUT2D eigenvalue weighted by Crippen LogP contribution is -2.29. The molecule has 8 heteroatoms. The quantitative estimate of drug-likeness (QED) is 0.491. The topological polar surface area (TPSA) is 113 Å². The van der Waals surface area contributed by atoms with E-state index < -0.39 is 12.0 Å². The number of benzene rings is 2. The van der Waals surface area contributed by atoms with Gasteiger partial charge in [0.25, 0.3) is 11.5 Å². The number of hydrogen-bond donors (Lipinski definition) is 3. The highest BCUT2D eigenvalue weighted by Gasteiger charge is 2.16. The number of nitrogens with one attached hydrogen (secondary N) is 2. The fourth-order valence-electron chi connectivity index (χ4n) is 2.89. The molecule has 0 unspecified atom stereocenters. The lowest BCUT2D eigenvalue weighted by molar-refractivity contribution is -0.123. The summed E-state index contributed by atoms with van der Waals surface area (Å²) in [5.74, 6) is -0.477. The van der Waals surface area contributed by atoms with Gasteiger partial charge in [0.05, 0.1) is 18.2 Å². The molecular formula is C20H17N5O3. The first-order chi connectivity index (χ1) is 13.6. The Labute approximate surface area is 159 Å². The van der Waals surface area contributed by atoms with Crippen molar-refractivity contribution in [3.05, 3.63) is 83.0 Å². The highest BCUT2D eigenvalue weighted by molar-refractivity contribution is 5.94. The highest BCUT2D eigenvalue weighted by Crippen LogP contribution is 2.17. The van der Waals surface area contributed by atoms with Crippen molar-refractivity contribution in [2.24, 2.45) is 0 Å². The molecule has 4 aromatic rings. The van der Waals surface area contributed by atoms with E-state index in [0.29, 0.717) is 22.4 Å². The first kappa shape index (κ1) is 17.6. The standard InChI is InChI=1S/C20H17N5O3/c26-17(10-13-4-2-1-3-5-13)20(28)24-14-6-8-15(9-7-14)25-18-16(11-23-25)19(27)22-12-21-18/h1-9,11-12,17,26H,10H2,(H,24,28)(H,21,22,27)/t17-/m0/s1. The normalized spacial score (nSPS) is 12.0. The minimum atomic E-state index is -1.15. The first-order valence-corrected chi connectivity index (χ1v) is 8.66. The third-order valence-electron chi connectivity index (χ3n) is 4.32. The predicted octanol–water partition coefficient (Wildman–Crippen LogP) is 1.65. The fraction of sp³-hybridized carbons (Fsp3) is 0.100. The summed E-state index contributed by atoms with van der Waals surface area (Å²) in [6, 6.07) is 16.2. The van der Waals surface area contributed by atoms with Crippen LogP contribution in [0.3, 0.4) is 0 Å². The fourth-order valence-corrected chi connectivity index (χ4v) is 2.89. The van der Waals surface area contributed by atoms with Gasteiger partial charge in [0.1, 0.15) is 11.5 Å². The Balaban J connectivity index is 1.48. The number of aliphatic hydroxyl groups is 1. The molecule has 0 saturated carbocycles. The van der Waals surface area contributed by atoms with Crippen LogP contribution in [0.25, 0.3) is 16.7 Å². The molecule has 1 atom stereocenters. The van der Waals surface area contributed by atoms with Crippen molar-refractivity contribution in [1.82, 2.24) is 19.7 Å². The second-order valence-corrected chi connectivity index (χ2v) is 6.27. The van der Waals surface area contributed by atoms with Crippen molar-refractivity contribution in [2.45, 2.75) is 12.5 Å². The van der Waals surface area contributed by atoms with E-state index in [9.17, 15) is 14.7 Å². The number of hydrogen-bond acceptors (Lipinski definition) is 5. The Bertz CT molecular complexity index is 1170. The molecule has 0 bridgehead atoms. The molecule has 0 radical (unpaired) electrons. The maximum absolute atomic E-state index is 12.2. The van der Waals surface area contributed by atoms with E-state index in [2.05, 4.69) is 20.4 Å². The number of anilines is 1. The van der Waals surface area contributed by atoms with Gasteiger partial charge in [-0.25, -0.2) is 9.67 Å². The number of rotatable bonds is 5. The number of carbonyl (C=O) groups excluding carboxylic acids is 1. The van der Waals surface area contributed by atoms with E-state index >= 15 is 0 Å². The lowest BCUT2D eigenvalue weighted by atomic mass is 10.1. The Morgan fingerprint density at radius 3 is 2.64 bits per heavy atom. The molecule has 2 aromatic carbocycles. The predicted molar refractivity (Wildman–Crippen MR) is 104 cm³/mol. The number of fused-ring (bicyclic) bond motifs is 1. The molecule has 28 heavy (non-hydrogen) atoms. The maximum atomic E-state index is 12.2. The summed E-state index contributed by atoms with van der Waals surface area (Å²) < 4.78 is 1.54. The van der Waals surface area contributed by atoms with Crippen LogP contribution in [0, 0.1) is 0 Å². The van der Waals surface area contributed by atoms with Crippen LogP contribution in [0.1, 0.15) is 5.56 Å². The van der Waals surface area contributed by atoms with Crippen molar-refractivity contribution < 1.29 is 9.90 Å². The third kappa shape index (κ3) is 3.53. The zero-order valence-electron chi connectivity index (χ0n) is 14.7. The number of amides is 1. The van der Waals surface area contributed by atoms with E-state index in [0.717, 1.165) is 5.56 Å². The SMILES string of the molecule is O=C(Nc1ccc(-n2ncc3c(=O)[nH]cnc32)cc1)[C@@H](O)Cc1ccccc1. The zero-order chi connectivity index (χ0) is 19.5. The Morgan fingerprint density at radius 2 is 1.89 bits per heavy atom. The van der Waals surface area contributed by atoms with Crippen molar-refractivity contribution >= 4 is 22.6 Å². The smallest absolute Gasteiger partial charge is 0.261 e. The number of aliphatic hydroxyl groups excluding tert-OH is 1. The minimum Gasteiger partial charge on any atom is -0.383 e. The molecule has 0 aliphatic heterocycles.